The fraction of sp³-hybridized carbons (Fsp3) is 0. The predicted molar refractivity (Wildman–Crippen MR) is 889 cm³/mol. The van der Waals surface area contributed by atoms with Crippen molar-refractivity contribution in [3.63, 3.8) is 0 Å². The molecule has 0 unspecified atom stereocenters. The Kier molecular flexibility index (Phi) is 116. The van der Waals surface area contributed by atoms with Gasteiger partial charge in [0.25, 0.3) is 0 Å². The van der Waals surface area contributed by atoms with E-state index in [2.05, 4.69) is 596 Å². The summed E-state index contributed by atoms with van der Waals surface area (Å²) in [5.41, 5.74) is 6.42. The number of halogens is 64. The van der Waals surface area contributed by atoms with E-state index >= 15 is 0 Å². The average Bonchev–Trinajstić information content (AvgIpc) is 3.30. The molecule has 0 N–H and O–H groups in total. The Morgan fingerprint density at radius 3 is 0.338 bits per heavy atom. The molecule has 2 radical (unpaired) electrons. The van der Waals surface area contributed by atoms with Gasteiger partial charge in [0.05, 0.1) is 0 Å². The van der Waals surface area contributed by atoms with E-state index in [1.807, 2.05) is 0 Å². The van der Waals surface area contributed by atoms with Crippen LogP contribution in [-0.2, 0) is 0 Å². The fourth-order valence-electron chi connectivity index (χ4n) is 0.918. The van der Waals surface area contributed by atoms with Crippen molar-refractivity contribution in [2.75, 3.05) is 0 Å². The number of hydrogen-bond acceptors (Lipinski definition) is 0. The first-order valence-electron chi connectivity index (χ1n) is 9.22. The molecule has 0 atom stereocenters. The second-order valence-electron chi connectivity index (χ2n) is 5.10. The van der Waals surface area contributed by atoms with Crippen molar-refractivity contribution in [2.24, 2.45) is 0 Å². The summed E-state index contributed by atoms with van der Waals surface area (Å²) in [4.78, 5) is 0. The van der Waals surface area contributed by atoms with Gasteiger partial charge in [-0.15, -0.1) is 0 Å². The molecule has 0 aromatic carbocycles. The molecule has 0 aromatic rings. The quantitative estimate of drug-likeness (QED) is 0.0479. The molecular formula is BI64-. The summed E-state index contributed by atoms with van der Waals surface area (Å²) in [7, 11) is -18.1. The summed E-state index contributed by atoms with van der Waals surface area (Å²) in [6, 6.07) is 0. The number of hydrogen-bond donors (Lipinski definition) is 0. The molecule has 0 amide bonds. The van der Waals surface area contributed by atoms with Crippen LogP contribution in [0.3, 0.4) is 0 Å². The maximum atomic E-state index is 6.42. The Balaban J connectivity index is 5.71. The molecule has 0 spiro atoms. The minimum absolute atomic E-state index is 0.154. The van der Waals surface area contributed by atoms with Crippen LogP contribution < -0.4 is 17.0 Å². The molecule has 452 valence electrons. The Morgan fingerprint density at radius 2 is 0.246 bits per heavy atom. The van der Waals surface area contributed by atoms with Gasteiger partial charge in [0.1, 0.15) is 0 Å². The van der Waals surface area contributed by atoms with E-state index < -0.39 is 245 Å². The summed E-state index contributed by atoms with van der Waals surface area (Å²) < 4.78 is 0. The van der Waals surface area contributed by atoms with E-state index in [0.717, 1.165) is 0 Å². The molecule has 0 rings (SSSR count). The van der Waals surface area contributed by atoms with Gasteiger partial charge in [-0.05, 0) is 0 Å². The van der Waals surface area contributed by atoms with Crippen molar-refractivity contribution in [2.45, 2.75) is 0 Å². The van der Waals surface area contributed by atoms with Crippen LogP contribution in [0.25, 0.3) is 0 Å². The molecular weight excluding hydrogens is 8130 g/mol. The van der Waals surface area contributed by atoms with E-state index in [0.29, 0.717) is 0 Å². The van der Waals surface area contributed by atoms with Gasteiger partial charge in [-0.1, -0.05) is 0 Å². The molecule has 0 aliphatic rings. The second kappa shape index (κ2) is 67.4. The molecule has 0 saturated carbocycles. The van der Waals surface area contributed by atoms with E-state index in [9.17, 15) is 0 Å². The van der Waals surface area contributed by atoms with Gasteiger partial charge in [-0.25, -0.2) is 0 Å². The van der Waals surface area contributed by atoms with Crippen LogP contribution in [0.2, 0.25) is 0 Å². The zero-order chi connectivity index (χ0) is 51.6. The first-order valence-corrected chi connectivity index (χ1v) is 406. The molecule has 0 heterocycles. The van der Waals surface area contributed by atoms with Crippen LogP contribution in [0.4, 0.5) is 0 Å². The van der Waals surface area contributed by atoms with Gasteiger partial charge >= 0.3 is 863 Å². The summed E-state index contributed by atoms with van der Waals surface area (Å²) >= 11 is 106. The molecule has 0 nitrogen and oxygen atoms in total. The third-order valence-corrected chi connectivity index (χ3v) is 4980. The molecule has 0 aromatic heterocycles. The van der Waals surface area contributed by atoms with Gasteiger partial charge in [0.15, 0.2) is 0 Å². The maximum absolute atomic E-state index is 6.42. The third kappa shape index (κ3) is 46.0. The van der Waals surface area contributed by atoms with Crippen molar-refractivity contribution in [1.82, 2.24) is 0 Å². The van der Waals surface area contributed by atoms with Crippen molar-refractivity contribution in [3.8, 4) is 0 Å². The first-order chi connectivity index (χ1) is 29.6. The monoisotopic (exact) mass is 8130 g/mol. The Morgan fingerprint density at radius 1 is 0.154 bits per heavy atom. The van der Waals surface area contributed by atoms with Gasteiger partial charge in [-0.3, -0.25) is 0 Å². The van der Waals surface area contributed by atoms with Crippen molar-refractivity contribution in [3.05, 3.63) is 0 Å². The van der Waals surface area contributed by atoms with Crippen LogP contribution >= 0.6 is 840 Å². The fourth-order valence-corrected chi connectivity index (χ4v) is 12200. The third-order valence-electron chi connectivity index (χ3n) is 2.51. The minimum atomic E-state index is -0.618. The summed E-state index contributed by atoms with van der Waals surface area (Å²) in [5.74, 6) is 0. The van der Waals surface area contributed by atoms with Gasteiger partial charge in [-0.2, -0.15) is 0 Å². The van der Waals surface area contributed by atoms with Gasteiger partial charge in [0, 0.05) is 0 Å². The van der Waals surface area contributed by atoms with Crippen LogP contribution in [0.1, 0.15) is 0 Å². The van der Waals surface area contributed by atoms with E-state index in [1.165, 1.54) is 0 Å². The topological polar surface area (TPSA) is 0 Å². The molecule has 0 fully saturated rings. The summed E-state index contributed by atoms with van der Waals surface area (Å²) in [6.07, 6.45) is 0. The van der Waals surface area contributed by atoms with Gasteiger partial charge in [0.2, 0.25) is 0 Å². The average molecular weight is 8130 g/mol. The predicted octanol–water partition coefficient (Wildman–Crippen LogP) is 52.4. The SMILES string of the molecule is [B][I-]I(I)I(I)I(I)I(I)I(I)I(I)I(I)I(I)I(I)I(I)I(I)I(I)I(I)I(I)I(I)I(I)I(I)I(I)I(I)I(I)I(I)I(I)I(I)I(I)I(I)I(I)I(I)I(I)I(I)I(I)I(I)I. The first kappa shape index (κ1) is 112. The van der Waals surface area contributed by atoms with Crippen molar-refractivity contribution < 1.29 is 17.0 Å². The molecule has 65 heavy (non-hydrogen) atoms. The van der Waals surface area contributed by atoms with Crippen molar-refractivity contribution >= 4 is 846 Å². The molecule has 0 saturated heterocycles. The van der Waals surface area contributed by atoms with E-state index in [4.69, 9.17) is 5.70 Å². The second-order valence-corrected chi connectivity index (χ2v) is 1520. The molecule has 65 heteroatoms. The van der Waals surface area contributed by atoms with E-state index in [-0.39, 0.29) is 17.0 Å². The van der Waals surface area contributed by atoms with Crippen LogP contribution in [-0.4, -0.2) is 5.70 Å². The van der Waals surface area contributed by atoms with Crippen molar-refractivity contribution in [1.29, 1.82) is 0 Å². The molecule has 0 aliphatic heterocycles. The standard InChI is InChI=1S/BI64/c1-34-36(4)38(6)40(8)42(10)44(12)46(14)48(16)50(18)52(20)54(22)56(24)58(26)60(28)62(30)64(32)65(33)63(31)61(29)59(27)57(25)55(23)53(21)51(19)49(17)47(15)45(13)43(11)41(9)39(7)37(5)35(2)3/q-1. The van der Waals surface area contributed by atoms with Crippen LogP contribution in [0, 0.1) is 0 Å². The molecule has 0 bridgehead atoms. The van der Waals surface area contributed by atoms with Crippen LogP contribution in [0.5, 0.6) is 0 Å². The Labute approximate surface area is 811 Å². The summed E-state index contributed by atoms with van der Waals surface area (Å²) in [5, 5.41) is 0. The van der Waals surface area contributed by atoms with Gasteiger partial charge < -0.3 is 0 Å². The number of rotatable bonds is 31. The normalized spacial score (nSPS) is 18.9. The van der Waals surface area contributed by atoms with Crippen LogP contribution in [0.15, 0.2) is 0 Å². The Hall–Kier alpha value is 46.8. The Bertz CT molecular complexity index is 1240. The zero-order valence-electron chi connectivity index (χ0n) is 24.8. The zero-order valence-corrected chi connectivity index (χ0v) is 163. The summed E-state index contributed by atoms with van der Waals surface area (Å²) in [6.45, 7) is 0. The molecule has 0 aliphatic carbocycles. The van der Waals surface area contributed by atoms with E-state index in [1.54, 1.807) is 0 Å².